The summed E-state index contributed by atoms with van der Waals surface area (Å²) in [6.07, 6.45) is -4.35. The Morgan fingerprint density at radius 3 is 2.45 bits per heavy atom. The number of nitrogens with one attached hydrogen (secondary N) is 1. The molecule has 1 N–H and O–H groups in total. The van der Waals surface area contributed by atoms with Gasteiger partial charge in [-0.25, -0.2) is 0 Å². The summed E-state index contributed by atoms with van der Waals surface area (Å²) in [5.41, 5.74) is -0.318. The first kappa shape index (κ1) is 16.5. The Morgan fingerprint density at radius 1 is 1.18 bits per heavy atom. The zero-order valence-corrected chi connectivity index (χ0v) is 12.6. The van der Waals surface area contributed by atoms with Crippen LogP contribution in [-0.2, 0) is 12.7 Å². The van der Waals surface area contributed by atoms with Gasteiger partial charge in [-0.15, -0.1) is 10.2 Å². The van der Waals surface area contributed by atoms with Crippen LogP contribution in [0, 0.1) is 6.92 Å². The van der Waals surface area contributed by atoms with Crippen molar-refractivity contribution in [1.82, 2.24) is 15.5 Å². The Kier molecular flexibility index (Phi) is 4.85. The van der Waals surface area contributed by atoms with Crippen LogP contribution in [0.4, 0.5) is 13.2 Å². The lowest BCUT2D eigenvalue weighted by Crippen LogP contribution is -2.31. The van der Waals surface area contributed by atoms with Crippen molar-refractivity contribution in [2.75, 3.05) is 0 Å². The highest BCUT2D eigenvalue weighted by atomic mass is 19.4. The molecule has 0 fully saturated rings. The summed E-state index contributed by atoms with van der Waals surface area (Å²) in [5, 5.41) is 10.7. The van der Waals surface area contributed by atoms with Crippen LogP contribution in [0.15, 0.2) is 28.7 Å². The first-order chi connectivity index (χ1) is 10.3. The number of nitrogens with zero attached hydrogens (tertiary/aromatic N) is 2. The molecule has 2 rings (SSSR count). The van der Waals surface area contributed by atoms with Crippen LogP contribution in [0.5, 0.6) is 0 Å². The Bertz CT molecular complexity index is 624. The topological polar surface area (TPSA) is 51.0 Å². The van der Waals surface area contributed by atoms with Crippen molar-refractivity contribution in [3.8, 4) is 0 Å². The number of rotatable bonds is 5. The fraction of sp³-hybridized carbons (Fsp3) is 0.467. The van der Waals surface area contributed by atoms with E-state index in [2.05, 4.69) is 15.5 Å². The molecule has 1 aromatic heterocycles. The largest absolute Gasteiger partial charge is 0.424 e. The fourth-order valence-electron chi connectivity index (χ4n) is 2.26. The summed E-state index contributed by atoms with van der Waals surface area (Å²) < 4.78 is 44.4. The van der Waals surface area contributed by atoms with Crippen molar-refractivity contribution in [2.24, 2.45) is 0 Å². The molecule has 2 atom stereocenters. The number of halogens is 3. The van der Waals surface area contributed by atoms with E-state index < -0.39 is 11.7 Å². The summed E-state index contributed by atoms with van der Waals surface area (Å²) in [5.74, 6) is 0.558. The third kappa shape index (κ3) is 3.85. The number of hydrogen-bond donors (Lipinski definition) is 1. The van der Waals surface area contributed by atoms with E-state index in [9.17, 15) is 13.2 Å². The van der Waals surface area contributed by atoms with E-state index in [1.807, 2.05) is 6.92 Å². The maximum atomic E-state index is 13.1. The maximum Gasteiger partial charge on any atom is 0.416 e. The van der Waals surface area contributed by atoms with Crippen LogP contribution in [0.3, 0.4) is 0 Å². The molecule has 4 nitrogen and oxygen atoms in total. The summed E-state index contributed by atoms with van der Waals surface area (Å²) in [7, 11) is 0. The average molecular weight is 313 g/mol. The third-order valence-corrected chi connectivity index (χ3v) is 3.65. The normalized spacial score (nSPS) is 14.8. The van der Waals surface area contributed by atoms with Gasteiger partial charge in [0.15, 0.2) is 0 Å². The van der Waals surface area contributed by atoms with Gasteiger partial charge in [0.2, 0.25) is 11.8 Å². The molecule has 7 heteroatoms. The van der Waals surface area contributed by atoms with Gasteiger partial charge >= 0.3 is 6.18 Å². The predicted molar refractivity (Wildman–Crippen MR) is 75.2 cm³/mol. The molecule has 22 heavy (non-hydrogen) atoms. The molecular formula is C15H18F3N3O. The summed E-state index contributed by atoms with van der Waals surface area (Å²) in [6, 6.07) is 5.46. The molecular weight excluding hydrogens is 295 g/mol. The van der Waals surface area contributed by atoms with Gasteiger partial charge < -0.3 is 9.73 Å². The molecule has 0 bridgehead atoms. The van der Waals surface area contributed by atoms with Gasteiger partial charge in [0.05, 0.1) is 12.1 Å². The molecule has 0 aliphatic rings. The van der Waals surface area contributed by atoms with Crippen molar-refractivity contribution >= 4 is 0 Å². The molecule has 0 aliphatic heterocycles. The van der Waals surface area contributed by atoms with E-state index in [0.717, 1.165) is 6.07 Å². The average Bonchev–Trinajstić information content (AvgIpc) is 2.88. The lowest BCUT2D eigenvalue weighted by molar-refractivity contribution is -0.138. The molecule has 2 aromatic rings. The van der Waals surface area contributed by atoms with Crippen molar-refractivity contribution in [1.29, 1.82) is 0 Å². The molecule has 120 valence electrons. The van der Waals surface area contributed by atoms with Gasteiger partial charge in [0.1, 0.15) is 0 Å². The highest BCUT2D eigenvalue weighted by Gasteiger charge is 2.34. The molecule has 1 aromatic carbocycles. The van der Waals surface area contributed by atoms with Gasteiger partial charge in [0.25, 0.3) is 0 Å². The standard InChI is InChI=1S/C15H18F3N3O/c1-9(10(2)19-8-14-21-20-11(3)22-14)12-6-4-5-7-13(12)15(16,17)18/h4-7,9-10,19H,8H2,1-3H3/t9-,10+/m0/s1. The molecule has 1 heterocycles. The Labute approximate surface area is 126 Å². The fourth-order valence-corrected chi connectivity index (χ4v) is 2.26. The van der Waals surface area contributed by atoms with Gasteiger partial charge in [-0.05, 0) is 24.5 Å². The summed E-state index contributed by atoms with van der Waals surface area (Å²) in [6.45, 7) is 5.60. The minimum Gasteiger partial charge on any atom is -0.424 e. The number of benzene rings is 1. The van der Waals surface area contributed by atoms with Crippen LogP contribution in [0.1, 0.15) is 42.7 Å². The van der Waals surface area contributed by atoms with E-state index in [1.54, 1.807) is 19.9 Å². The van der Waals surface area contributed by atoms with Crippen molar-refractivity contribution in [3.63, 3.8) is 0 Å². The molecule has 0 amide bonds. The van der Waals surface area contributed by atoms with E-state index in [1.165, 1.54) is 12.1 Å². The van der Waals surface area contributed by atoms with E-state index in [4.69, 9.17) is 4.42 Å². The van der Waals surface area contributed by atoms with Crippen LogP contribution in [-0.4, -0.2) is 16.2 Å². The maximum absolute atomic E-state index is 13.1. The lowest BCUT2D eigenvalue weighted by atomic mass is 9.90. The monoisotopic (exact) mass is 313 g/mol. The highest BCUT2D eigenvalue weighted by molar-refractivity contribution is 5.33. The van der Waals surface area contributed by atoms with E-state index >= 15 is 0 Å². The van der Waals surface area contributed by atoms with Crippen LogP contribution in [0.2, 0.25) is 0 Å². The van der Waals surface area contributed by atoms with Crippen LogP contribution < -0.4 is 5.32 Å². The van der Waals surface area contributed by atoms with Crippen molar-refractivity contribution in [3.05, 3.63) is 47.2 Å². The van der Waals surface area contributed by atoms with Gasteiger partial charge in [-0.2, -0.15) is 13.2 Å². The Hall–Kier alpha value is -1.89. The highest BCUT2D eigenvalue weighted by Crippen LogP contribution is 2.35. The van der Waals surface area contributed by atoms with Crippen molar-refractivity contribution < 1.29 is 17.6 Å². The zero-order valence-electron chi connectivity index (χ0n) is 12.6. The first-order valence-corrected chi connectivity index (χ1v) is 6.97. The van der Waals surface area contributed by atoms with E-state index in [-0.39, 0.29) is 17.5 Å². The smallest absolute Gasteiger partial charge is 0.416 e. The second-order valence-corrected chi connectivity index (χ2v) is 5.26. The molecule has 0 spiro atoms. The predicted octanol–water partition coefficient (Wildman–Crippen LogP) is 3.68. The number of hydrogen-bond acceptors (Lipinski definition) is 4. The third-order valence-electron chi connectivity index (χ3n) is 3.65. The van der Waals surface area contributed by atoms with Crippen molar-refractivity contribution in [2.45, 2.75) is 45.5 Å². The minimum atomic E-state index is -4.35. The van der Waals surface area contributed by atoms with Crippen LogP contribution in [0.25, 0.3) is 0 Å². The lowest BCUT2D eigenvalue weighted by Gasteiger charge is -2.24. The Morgan fingerprint density at radius 2 is 1.86 bits per heavy atom. The first-order valence-electron chi connectivity index (χ1n) is 6.97. The Balaban J connectivity index is 2.09. The number of aromatic nitrogens is 2. The second-order valence-electron chi connectivity index (χ2n) is 5.26. The quantitative estimate of drug-likeness (QED) is 0.915. The van der Waals surface area contributed by atoms with Gasteiger partial charge in [-0.1, -0.05) is 25.1 Å². The SMILES string of the molecule is Cc1nnc(CN[C@H](C)[C@H](C)c2ccccc2C(F)(F)F)o1. The van der Waals surface area contributed by atoms with E-state index in [0.29, 0.717) is 18.3 Å². The molecule has 0 saturated heterocycles. The summed E-state index contributed by atoms with van der Waals surface area (Å²) >= 11 is 0. The van der Waals surface area contributed by atoms with Gasteiger partial charge in [-0.3, -0.25) is 0 Å². The summed E-state index contributed by atoms with van der Waals surface area (Å²) in [4.78, 5) is 0. The molecule has 0 saturated carbocycles. The number of aryl methyl sites for hydroxylation is 1. The molecule has 0 radical (unpaired) electrons. The van der Waals surface area contributed by atoms with Crippen LogP contribution >= 0.6 is 0 Å². The number of alkyl halides is 3. The zero-order chi connectivity index (χ0) is 16.3. The molecule has 0 aliphatic carbocycles. The second kappa shape index (κ2) is 6.48. The minimum absolute atomic E-state index is 0.185. The molecule has 0 unspecified atom stereocenters. The van der Waals surface area contributed by atoms with Gasteiger partial charge in [0, 0.05) is 13.0 Å².